The van der Waals surface area contributed by atoms with Gasteiger partial charge in [0.15, 0.2) is 0 Å². The van der Waals surface area contributed by atoms with Crippen LogP contribution in [-0.2, 0) is 16.1 Å². The highest BCUT2D eigenvalue weighted by molar-refractivity contribution is 8.01. The topological polar surface area (TPSA) is 48.0 Å². The molecule has 2 aromatic rings. The van der Waals surface area contributed by atoms with Crippen LogP contribution < -0.4 is 9.04 Å². The number of carbonyl (C=O) groups excluding carboxylic acids is 1. The maximum absolute atomic E-state index is 12.7. The first kappa shape index (κ1) is 21.4. The van der Waals surface area contributed by atoms with Crippen molar-refractivity contribution < 1.29 is 19.0 Å². The number of carbonyl (C=O) groups is 1. The Labute approximate surface area is 169 Å². The molecule has 146 valence electrons. The van der Waals surface area contributed by atoms with E-state index in [2.05, 4.69) is 0 Å². The van der Waals surface area contributed by atoms with E-state index in [0.717, 1.165) is 10.5 Å². The maximum atomic E-state index is 12.7. The lowest BCUT2D eigenvalue weighted by atomic mass is 10.2. The van der Waals surface area contributed by atoms with E-state index in [9.17, 15) is 4.79 Å². The van der Waals surface area contributed by atoms with Gasteiger partial charge in [-0.2, -0.15) is 0 Å². The van der Waals surface area contributed by atoms with Gasteiger partial charge < -0.3 is 14.2 Å². The zero-order valence-corrected chi connectivity index (χ0v) is 17.5. The molecule has 0 aliphatic carbocycles. The predicted molar refractivity (Wildman–Crippen MR) is 110 cm³/mol. The molecule has 0 N–H and O–H groups in total. The van der Waals surface area contributed by atoms with Crippen LogP contribution in [-0.4, -0.2) is 25.9 Å². The molecule has 7 heteroatoms. The van der Waals surface area contributed by atoms with Crippen LogP contribution in [0.4, 0.5) is 10.5 Å². The second-order valence-corrected chi connectivity index (χ2v) is 7.34. The third-order valence-corrected chi connectivity index (χ3v) is 4.68. The molecule has 0 saturated heterocycles. The lowest BCUT2D eigenvalue weighted by Gasteiger charge is -2.24. The first-order valence-electron chi connectivity index (χ1n) is 8.64. The molecular weight excluding hydrogens is 386 g/mol. The predicted octanol–water partition coefficient (Wildman–Crippen LogP) is 5.94. The van der Waals surface area contributed by atoms with Gasteiger partial charge >= 0.3 is 6.09 Å². The first-order valence-corrected chi connectivity index (χ1v) is 9.79. The number of ether oxygens (including phenoxy) is 3. The number of hydrogen-bond acceptors (Lipinski definition) is 5. The van der Waals surface area contributed by atoms with Gasteiger partial charge in [0.2, 0.25) is 0 Å². The monoisotopic (exact) mass is 409 g/mol. The van der Waals surface area contributed by atoms with Gasteiger partial charge in [-0.25, -0.2) is 9.10 Å². The molecular formula is C20H24ClNO4S. The minimum atomic E-state index is -0.470. The summed E-state index contributed by atoms with van der Waals surface area (Å²) in [5.41, 5.74) is 1.35. The van der Waals surface area contributed by atoms with Crippen molar-refractivity contribution in [1.82, 2.24) is 0 Å². The summed E-state index contributed by atoms with van der Waals surface area (Å²) in [4.78, 5) is 13.6. The summed E-state index contributed by atoms with van der Waals surface area (Å²) in [7, 11) is 1.60. The van der Waals surface area contributed by atoms with Crippen LogP contribution in [0.3, 0.4) is 0 Å². The van der Waals surface area contributed by atoms with Crippen molar-refractivity contribution in [2.24, 2.45) is 0 Å². The Morgan fingerprint density at radius 3 is 2.52 bits per heavy atom. The Bertz CT molecular complexity index is 755. The Morgan fingerprint density at radius 2 is 1.93 bits per heavy atom. The van der Waals surface area contributed by atoms with Crippen molar-refractivity contribution >= 4 is 35.3 Å². The third kappa shape index (κ3) is 6.06. The zero-order chi connectivity index (χ0) is 19.8. The minimum absolute atomic E-state index is 0.243. The average Bonchev–Trinajstić information content (AvgIpc) is 2.63. The van der Waals surface area contributed by atoms with Gasteiger partial charge in [-0.05, 0) is 57.0 Å². The van der Waals surface area contributed by atoms with Crippen molar-refractivity contribution in [2.45, 2.75) is 38.4 Å². The van der Waals surface area contributed by atoms with Crippen LogP contribution in [0.2, 0.25) is 5.02 Å². The van der Waals surface area contributed by atoms with Gasteiger partial charge in [0, 0.05) is 17.6 Å². The van der Waals surface area contributed by atoms with Crippen molar-refractivity contribution in [3.8, 4) is 5.75 Å². The second-order valence-electron chi connectivity index (χ2n) is 5.91. The molecule has 0 aliphatic rings. The van der Waals surface area contributed by atoms with Gasteiger partial charge in [-0.15, -0.1) is 0 Å². The summed E-state index contributed by atoms with van der Waals surface area (Å²) in [6.07, 6.45) is -0.713. The Morgan fingerprint density at radius 1 is 1.22 bits per heavy atom. The zero-order valence-electron chi connectivity index (χ0n) is 15.9. The number of benzene rings is 2. The van der Waals surface area contributed by atoms with Gasteiger partial charge in [-0.3, -0.25) is 0 Å². The van der Waals surface area contributed by atoms with Crippen molar-refractivity contribution in [1.29, 1.82) is 0 Å². The largest absolute Gasteiger partial charge is 0.492 e. The summed E-state index contributed by atoms with van der Waals surface area (Å²) in [6, 6.07) is 13.1. The molecule has 2 aromatic carbocycles. The van der Waals surface area contributed by atoms with E-state index in [-0.39, 0.29) is 6.10 Å². The summed E-state index contributed by atoms with van der Waals surface area (Å²) in [6.45, 7) is 6.30. The molecule has 0 heterocycles. The van der Waals surface area contributed by atoms with Crippen LogP contribution in [0.25, 0.3) is 0 Å². The summed E-state index contributed by atoms with van der Waals surface area (Å²) < 4.78 is 17.8. The van der Waals surface area contributed by atoms with Crippen LogP contribution in [0.1, 0.15) is 26.3 Å². The van der Waals surface area contributed by atoms with Gasteiger partial charge in [0.1, 0.15) is 5.75 Å². The summed E-state index contributed by atoms with van der Waals surface area (Å²) >= 11 is 7.70. The van der Waals surface area contributed by atoms with E-state index in [4.69, 9.17) is 25.8 Å². The molecule has 1 amide bonds. The highest BCUT2D eigenvalue weighted by Gasteiger charge is 2.23. The summed E-state index contributed by atoms with van der Waals surface area (Å²) in [5, 5.41) is 0.414. The molecule has 2 rings (SSSR count). The number of halogens is 1. The van der Waals surface area contributed by atoms with Gasteiger partial charge in [0.25, 0.3) is 0 Å². The molecule has 0 aromatic heterocycles. The molecule has 0 unspecified atom stereocenters. The van der Waals surface area contributed by atoms with Crippen LogP contribution in [0.5, 0.6) is 5.75 Å². The van der Waals surface area contributed by atoms with Gasteiger partial charge in [-0.1, -0.05) is 29.8 Å². The number of anilines is 1. The number of methoxy groups -OCH3 is 1. The average molecular weight is 410 g/mol. The second kappa shape index (κ2) is 10.4. The fourth-order valence-electron chi connectivity index (χ4n) is 2.35. The number of nitrogens with zero attached hydrogens (tertiary/aromatic N) is 1. The molecule has 0 saturated carbocycles. The molecule has 0 radical (unpaired) electrons. The summed E-state index contributed by atoms with van der Waals surface area (Å²) in [5.74, 6) is 0.562. The van der Waals surface area contributed by atoms with Crippen molar-refractivity contribution in [3.05, 3.63) is 53.1 Å². The molecule has 0 bridgehead atoms. The van der Waals surface area contributed by atoms with Crippen LogP contribution in [0, 0.1) is 0 Å². The van der Waals surface area contributed by atoms with Crippen LogP contribution in [0.15, 0.2) is 47.4 Å². The molecule has 0 spiro atoms. The molecule has 0 atom stereocenters. The quantitative estimate of drug-likeness (QED) is 0.504. The highest BCUT2D eigenvalue weighted by Crippen LogP contribution is 2.38. The van der Waals surface area contributed by atoms with E-state index in [0.29, 0.717) is 29.7 Å². The van der Waals surface area contributed by atoms with Crippen molar-refractivity contribution in [3.63, 3.8) is 0 Å². The first-order chi connectivity index (χ1) is 13.0. The molecule has 0 aliphatic heterocycles. The number of rotatable bonds is 8. The molecule has 5 nitrogen and oxygen atoms in total. The normalized spacial score (nSPS) is 10.7. The van der Waals surface area contributed by atoms with E-state index >= 15 is 0 Å². The Balaban J connectivity index is 2.45. The fourth-order valence-corrected chi connectivity index (χ4v) is 3.46. The SMILES string of the molecule is CCOc1c(Cl)cc(N(Sc2ccccc2)C(=O)OC(C)C)cc1COC. The minimum Gasteiger partial charge on any atom is -0.492 e. The van der Waals surface area contributed by atoms with Crippen molar-refractivity contribution in [2.75, 3.05) is 18.0 Å². The van der Waals surface area contributed by atoms with E-state index in [1.165, 1.54) is 16.3 Å². The lowest BCUT2D eigenvalue weighted by Crippen LogP contribution is -2.27. The van der Waals surface area contributed by atoms with E-state index < -0.39 is 6.09 Å². The Kier molecular flexibility index (Phi) is 8.28. The number of amides is 1. The molecule has 27 heavy (non-hydrogen) atoms. The lowest BCUT2D eigenvalue weighted by molar-refractivity contribution is 0.127. The van der Waals surface area contributed by atoms with E-state index in [1.807, 2.05) is 57.2 Å². The van der Waals surface area contributed by atoms with Gasteiger partial charge in [0.05, 0.1) is 30.0 Å². The molecule has 0 fully saturated rings. The Hall–Kier alpha value is -1.89. The highest BCUT2D eigenvalue weighted by atomic mass is 35.5. The fraction of sp³-hybridized carbons (Fsp3) is 0.350. The third-order valence-electron chi connectivity index (χ3n) is 3.37. The standard InChI is InChI=1S/C20H24ClNO4S/c1-5-25-19-15(13-24-4)11-16(12-18(19)21)22(20(23)26-14(2)3)27-17-9-7-6-8-10-17/h6-12,14H,5,13H2,1-4H3. The maximum Gasteiger partial charge on any atom is 0.425 e. The van der Waals surface area contributed by atoms with Crippen LogP contribution >= 0.6 is 23.5 Å². The van der Waals surface area contributed by atoms with E-state index in [1.54, 1.807) is 13.2 Å². The smallest absolute Gasteiger partial charge is 0.425 e. The number of hydrogen-bond donors (Lipinski definition) is 0.